The minimum Gasteiger partial charge on any atom is -0.378 e. The lowest BCUT2D eigenvalue weighted by Crippen LogP contribution is -2.14. The summed E-state index contributed by atoms with van der Waals surface area (Å²) in [4.78, 5) is 0. The minimum absolute atomic E-state index is 0.278. The molecule has 2 aromatic carbocycles. The highest BCUT2D eigenvalue weighted by atomic mass is 35.5. The third-order valence-electron chi connectivity index (χ3n) is 3.55. The minimum atomic E-state index is -0.427. The molecule has 1 nitrogen and oxygen atoms in total. The molecular weight excluding hydrogens is 348 g/mol. The van der Waals surface area contributed by atoms with E-state index in [0.717, 1.165) is 24.6 Å². The molecule has 0 aromatic heterocycles. The summed E-state index contributed by atoms with van der Waals surface area (Å²) >= 11 is 9.40. The van der Waals surface area contributed by atoms with Crippen LogP contribution >= 0.6 is 24.2 Å². The van der Waals surface area contributed by atoms with Crippen LogP contribution in [-0.4, -0.2) is 6.26 Å². The molecule has 0 aliphatic carbocycles. The van der Waals surface area contributed by atoms with E-state index in [-0.39, 0.29) is 6.04 Å². The number of hydrogen-bond acceptors (Lipinski definition) is 2. The van der Waals surface area contributed by atoms with Crippen molar-refractivity contribution in [1.29, 1.82) is 0 Å². The van der Waals surface area contributed by atoms with Gasteiger partial charge < -0.3 is 5.32 Å². The van der Waals surface area contributed by atoms with Gasteiger partial charge in [-0.25, -0.2) is 8.78 Å². The van der Waals surface area contributed by atoms with Crippen molar-refractivity contribution in [2.45, 2.75) is 32.7 Å². The van der Waals surface area contributed by atoms with Crippen molar-refractivity contribution < 1.29 is 8.78 Å². The van der Waals surface area contributed by atoms with Crippen LogP contribution in [0.5, 0.6) is 0 Å². The zero-order valence-corrected chi connectivity index (χ0v) is 15.8. The molecule has 0 amide bonds. The molecule has 24 heavy (non-hydrogen) atoms. The predicted molar refractivity (Wildman–Crippen MR) is 103 cm³/mol. The van der Waals surface area contributed by atoms with Crippen molar-refractivity contribution in [1.82, 2.24) is 0 Å². The summed E-state index contributed by atoms with van der Waals surface area (Å²) < 4.78 is 27.6. The molecule has 0 spiro atoms. The Bertz CT molecular complexity index is 617. The van der Waals surface area contributed by atoms with Gasteiger partial charge in [-0.3, -0.25) is 0 Å². The summed E-state index contributed by atoms with van der Waals surface area (Å²) in [6.07, 6.45) is 3.34. The first-order chi connectivity index (χ1) is 11.5. The van der Waals surface area contributed by atoms with Crippen LogP contribution in [0.3, 0.4) is 0 Å². The first kappa shape index (κ1) is 20.8. The fraction of sp³-hybridized carbons (Fsp3) is 0.368. The summed E-state index contributed by atoms with van der Waals surface area (Å²) in [6, 6.07) is 10.5. The van der Waals surface area contributed by atoms with Gasteiger partial charge in [0.25, 0.3) is 0 Å². The SMILES string of the molecule is CC(C)CCC(Nc1ccc(Cl)cc1)c1cc(F)ccc1F.CS. The van der Waals surface area contributed by atoms with Crippen molar-refractivity contribution in [3.8, 4) is 0 Å². The van der Waals surface area contributed by atoms with Gasteiger partial charge in [0.2, 0.25) is 0 Å². The Kier molecular flexibility index (Phi) is 9.16. The number of rotatable bonds is 6. The zero-order chi connectivity index (χ0) is 18.1. The van der Waals surface area contributed by atoms with Gasteiger partial charge in [0.05, 0.1) is 6.04 Å². The van der Waals surface area contributed by atoms with E-state index in [4.69, 9.17) is 11.6 Å². The molecule has 0 radical (unpaired) electrons. The molecule has 2 aromatic rings. The van der Waals surface area contributed by atoms with Crippen molar-refractivity contribution in [3.63, 3.8) is 0 Å². The van der Waals surface area contributed by atoms with Crippen LogP contribution < -0.4 is 5.32 Å². The van der Waals surface area contributed by atoms with E-state index >= 15 is 0 Å². The fourth-order valence-electron chi connectivity index (χ4n) is 2.33. The predicted octanol–water partition coefficient (Wildman–Crippen LogP) is 6.75. The molecular formula is C19H24ClF2NS. The highest BCUT2D eigenvalue weighted by Gasteiger charge is 2.17. The lowest BCUT2D eigenvalue weighted by Gasteiger charge is -2.22. The fourth-order valence-corrected chi connectivity index (χ4v) is 2.46. The molecule has 5 heteroatoms. The third kappa shape index (κ3) is 6.70. The third-order valence-corrected chi connectivity index (χ3v) is 3.80. The molecule has 132 valence electrons. The Morgan fingerprint density at radius 1 is 1.00 bits per heavy atom. The molecule has 1 N–H and O–H groups in total. The van der Waals surface area contributed by atoms with Crippen LogP contribution in [0.25, 0.3) is 0 Å². The average molecular weight is 372 g/mol. The number of hydrogen-bond donors (Lipinski definition) is 2. The Balaban J connectivity index is 0.00000139. The second-order valence-electron chi connectivity index (χ2n) is 5.84. The Hall–Kier alpha value is -1.26. The normalized spacial score (nSPS) is 11.7. The van der Waals surface area contributed by atoms with Gasteiger partial charge in [-0.2, -0.15) is 12.6 Å². The van der Waals surface area contributed by atoms with E-state index in [1.54, 1.807) is 18.4 Å². The molecule has 0 saturated carbocycles. The lowest BCUT2D eigenvalue weighted by molar-refractivity contribution is 0.502. The summed E-state index contributed by atoms with van der Waals surface area (Å²) in [5.41, 5.74) is 1.19. The largest absolute Gasteiger partial charge is 0.378 e. The summed E-state index contributed by atoms with van der Waals surface area (Å²) in [6.45, 7) is 4.22. The molecule has 1 atom stereocenters. The number of benzene rings is 2. The van der Waals surface area contributed by atoms with Crippen LogP contribution in [0, 0.1) is 17.6 Å². The second-order valence-corrected chi connectivity index (χ2v) is 6.28. The average Bonchev–Trinajstić information content (AvgIpc) is 2.57. The molecule has 0 aliphatic rings. The van der Waals surface area contributed by atoms with Crippen molar-refractivity contribution in [2.75, 3.05) is 11.6 Å². The van der Waals surface area contributed by atoms with E-state index in [2.05, 4.69) is 31.8 Å². The molecule has 0 bridgehead atoms. The van der Waals surface area contributed by atoms with Crippen molar-refractivity contribution >= 4 is 29.9 Å². The van der Waals surface area contributed by atoms with Gasteiger partial charge in [-0.05, 0) is 67.5 Å². The molecule has 0 fully saturated rings. The Labute approximate surface area is 153 Å². The van der Waals surface area contributed by atoms with Crippen LogP contribution in [0.15, 0.2) is 42.5 Å². The number of halogens is 3. The molecule has 1 unspecified atom stereocenters. The highest BCUT2D eigenvalue weighted by molar-refractivity contribution is 7.79. The maximum atomic E-state index is 14.1. The summed E-state index contributed by atoms with van der Waals surface area (Å²) in [5.74, 6) is -0.327. The van der Waals surface area contributed by atoms with Crippen LogP contribution in [0.1, 0.15) is 38.3 Å². The maximum absolute atomic E-state index is 14.1. The van der Waals surface area contributed by atoms with E-state index in [9.17, 15) is 8.78 Å². The number of nitrogens with one attached hydrogen (secondary N) is 1. The van der Waals surface area contributed by atoms with Crippen molar-refractivity contribution in [2.24, 2.45) is 5.92 Å². The van der Waals surface area contributed by atoms with E-state index in [1.165, 1.54) is 12.1 Å². The maximum Gasteiger partial charge on any atom is 0.128 e. The first-order valence-corrected chi connectivity index (χ1v) is 9.14. The highest BCUT2D eigenvalue weighted by Crippen LogP contribution is 2.28. The Morgan fingerprint density at radius 3 is 2.21 bits per heavy atom. The molecule has 0 saturated heterocycles. The van der Waals surface area contributed by atoms with Gasteiger partial charge in [0.1, 0.15) is 11.6 Å². The van der Waals surface area contributed by atoms with Gasteiger partial charge in [0, 0.05) is 16.3 Å². The number of anilines is 1. The molecule has 2 rings (SSSR count). The second kappa shape index (κ2) is 10.6. The molecule has 0 heterocycles. The van der Waals surface area contributed by atoms with E-state index < -0.39 is 11.6 Å². The quantitative estimate of drug-likeness (QED) is 0.535. The Morgan fingerprint density at radius 2 is 1.62 bits per heavy atom. The monoisotopic (exact) mass is 371 g/mol. The van der Waals surface area contributed by atoms with Crippen LogP contribution in [0.2, 0.25) is 5.02 Å². The smallest absolute Gasteiger partial charge is 0.128 e. The first-order valence-electron chi connectivity index (χ1n) is 7.87. The topological polar surface area (TPSA) is 12.0 Å². The molecule has 0 aliphatic heterocycles. The summed E-state index contributed by atoms with van der Waals surface area (Å²) in [5, 5.41) is 3.92. The van der Waals surface area contributed by atoms with Gasteiger partial charge in [0.15, 0.2) is 0 Å². The zero-order valence-electron chi connectivity index (χ0n) is 14.2. The van der Waals surface area contributed by atoms with E-state index in [1.807, 2.05) is 12.1 Å². The van der Waals surface area contributed by atoms with Gasteiger partial charge in [-0.15, -0.1) is 0 Å². The van der Waals surface area contributed by atoms with E-state index in [0.29, 0.717) is 16.5 Å². The standard InChI is InChI=1S/C18H20ClF2N.CH4S/c1-12(2)3-10-18(16-11-14(20)6-9-17(16)21)22-15-7-4-13(19)5-8-15;1-2/h4-9,11-12,18,22H,3,10H2,1-2H3;2H,1H3. The van der Waals surface area contributed by atoms with Crippen molar-refractivity contribution in [3.05, 3.63) is 64.7 Å². The van der Waals surface area contributed by atoms with Crippen LogP contribution in [-0.2, 0) is 0 Å². The van der Waals surface area contributed by atoms with Gasteiger partial charge >= 0.3 is 0 Å². The summed E-state index contributed by atoms with van der Waals surface area (Å²) in [7, 11) is 0. The number of thiol groups is 1. The lowest BCUT2D eigenvalue weighted by atomic mass is 9.96. The van der Waals surface area contributed by atoms with Crippen LogP contribution in [0.4, 0.5) is 14.5 Å². The van der Waals surface area contributed by atoms with Gasteiger partial charge in [-0.1, -0.05) is 25.4 Å².